The lowest BCUT2D eigenvalue weighted by atomic mass is 10.1. The summed E-state index contributed by atoms with van der Waals surface area (Å²) in [7, 11) is 0. The SMILES string of the molecule is C.CCC(=O)C(=O)CCCCCCC(=O)Nc1ccccc1. The van der Waals surface area contributed by atoms with Crippen molar-refractivity contribution in [3.05, 3.63) is 30.3 Å². The van der Waals surface area contributed by atoms with Crippen molar-refractivity contribution < 1.29 is 14.4 Å². The highest BCUT2D eigenvalue weighted by Gasteiger charge is 2.10. The third-order valence-electron chi connectivity index (χ3n) is 3.25. The van der Waals surface area contributed by atoms with E-state index in [2.05, 4.69) is 5.32 Å². The number of hydrogen-bond acceptors (Lipinski definition) is 3. The van der Waals surface area contributed by atoms with Crippen LogP contribution in [0.4, 0.5) is 5.69 Å². The van der Waals surface area contributed by atoms with E-state index in [0.29, 0.717) is 19.3 Å². The molecule has 0 radical (unpaired) electrons. The van der Waals surface area contributed by atoms with Crippen molar-refractivity contribution in [2.24, 2.45) is 0 Å². The fourth-order valence-electron chi connectivity index (χ4n) is 2.01. The molecule has 0 saturated heterocycles. The number of nitrogens with one attached hydrogen (secondary N) is 1. The molecule has 0 spiro atoms. The number of unbranched alkanes of at least 4 members (excludes halogenated alkanes) is 3. The van der Waals surface area contributed by atoms with Crippen LogP contribution < -0.4 is 5.32 Å². The summed E-state index contributed by atoms with van der Waals surface area (Å²) in [4.78, 5) is 34.1. The van der Waals surface area contributed by atoms with Gasteiger partial charge in [0.1, 0.15) is 0 Å². The molecule has 1 N–H and O–H groups in total. The fraction of sp³-hybridized carbons (Fsp3) is 0.500. The van der Waals surface area contributed by atoms with E-state index in [4.69, 9.17) is 0 Å². The molecule has 4 heteroatoms. The molecular weight excluding hydrogens is 278 g/mol. The highest BCUT2D eigenvalue weighted by molar-refractivity contribution is 6.37. The fourth-order valence-corrected chi connectivity index (χ4v) is 2.01. The molecule has 0 bridgehead atoms. The Morgan fingerprint density at radius 1 is 0.864 bits per heavy atom. The first kappa shape index (κ1) is 20.0. The van der Waals surface area contributed by atoms with Gasteiger partial charge in [-0.1, -0.05) is 45.4 Å². The van der Waals surface area contributed by atoms with Gasteiger partial charge >= 0.3 is 0 Å². The second kappa shape index (κ2) is 11.7. The number of carbonyl (C=O) groups excluding carboxylic acids is 3. The van der Waals surface area contributed by atoms with Gasteiger partial charge in [-0.3, -0.25) is 14.4 Å². The van der Waals surface area contributed by atoms with Gasteiger partial charge in [-0.15, -0.1) is 0 Å². The lowest BCUT2D eigenvalue weighted by Crippen LogP contribution is -2.12. The van der Waals surface area contributed by atoms with E-state index in [9.17, 15) is 14.4 Å². The summed E-state index contributed by atoms with van der Waals surface area (Å²) in [5.74, 6) is -0.532. The minimum absolute atomic E-state index is 0. The average molecular weight is 305 g/mol. The third-order valence-corrected chi connectivity index (χ3v) is 3.25. The molecular formula is C18H27NO3. The number of amides is 1. The Labute approximate surface area is 133 Å². The highest BCUT2D eigenvalue weighted by atomic mass is 16.2. The summed E-state index contributed by atoms with van der Waals surface area (Å²) in [5, 5.41) is 2.84. The van der Waals surface area contributed by atoms with Crippen LogP contribution in [0, 0.1) is 0 Å². The van der Waals surface area contributed by atoms with E-state index in [1.165, 1.54) is 0 Å². The van der Waals surface area contributed by atoms with Gasteiger partial charge in [0.25, 0.3) is 0 Å². The maximum absolute atomic E-state index is 11.7. The minimum Gasteiger partial charge on any atom is -0.326 e. The molecule has 0 aromatic heterocycles. The molecule has 0 saturated carbocycles. The monoisotopic (exact) mass is 305 g/mol. The predicted octanol–water partition coefficient (Wildman–Crippen LogP) is 4.15. The molecule has 1 amide bonds. The number of anilines is 1. The molecule has 0 atom stereocenters. The van der Waals surface area contributed by atoms with Crippen molar-refractivity contribution in [3.8, 4) is 0 Å². The van der Waals surface area contributed by atoms with Crippen LogP contribution in [0.5, 0.6) is 0 Å². The standard InChI is InChI=1S/C17H23NO3.CH4/c1-2-15(19)16(20)12-8-3-4-9-13-17(21)18-14-10-6-5-7-11-14;/h5-7,10-11H,2-4,8-9,12-13H2,1H3,(H,18,21);1H4. The molecule has 22 heavy (non-hydrogen) atoms. The number of benzene rings is 1. The first-order valence-corrected chi connectivity index (χ1v) is 7.54. The van der Waals surface area contributed by atoms with Crippen molar-refractivity contribution in [2.45, 2.75) is 59.3 Å². The maximum Gasteiger partial charge on any atom is 0.224 e. The Balaban J connectivity index is 0.00000441. The van der Waals surface area contributed by atoms with Crippen molar-refractivity contribution in [3.63, 3.8) is 0 Å². The van der Waals surface area contributed by atoms with Crippen LogP contribution >= 0.6 is 0 Å². The molecule has 122 valence electrons. The largest absolute Gasteiger partial charge is 0.326 e. The van der Waals surface area contributed by atoms with Gasteiger partial charge in [-0.25, -0.2) is 0 Å². The second-order valence-electron chi connectivity index (χ2n) is 5.03. The van der Waals surface area contributed by atoms with Gasteiger partial charge in [0.2, 0.25) is 5.91 Å². The van der Waals surface area contributed by atoms with E-state index in [0.717, 1.165) is 31.4 Å². The van der Waals surface area contributed by atoms with Gasteiger partial charge in [0.05, 0.1) is 0 Å². The van der Waals surface area contributed by atoms with Gasteiger partial charge in [0, 0.05) is 24.9 Å². The zero-order valence-corrected chi connectivity index (χ0v) is 12.6. The second-order valence-corrected chi connectivity index (χ2v) is 5.03. The smallest absolute Gasteiger partial charge is 0.224 e. The molecule has 1 rings (SSSR count). The van der Waals surface area contributed by atoms with Gasteiger partial charge in [0.15, 0.2) is 11.6 Å². The van der Waals surface area contributed by atoms with Crippen LogP contribution in [0.25, 0.3) is 0 Å². The molecule has 4 nitrogen and oxygen atoms in total. The molecule has 0 aliphatic heterocycles. The van der Waals surface area contributed by atoms with Crippen molar-refractivity contribution in [1.29, 1.82) is 0 Å². The molecule has 0 aliphatic carbocycles. The van der Waals surface area contributed by atoms with Crippen LogP contribution in [-0.4, -0.2) is 17.5 Å². The summed E-state index contributed by atoms with van der Waals surface area (Å²) in [6.45, 7) is 1.70. The van der Waals surface area contributed by atoms with E-state index in [1.54, 1.807) is 6.92 Å². The van der Waals surface area contributed by atoms with Crippen LogP contribution in [0.3, 0.4) is 0 Å². The average Bonchev–Trinajstić information content (AvgIpc) is 2.50. The number of para-hydroxylation sites is 1. The quantitative estimate of drug-likeness (QED) is 0.521. The maximum atomic E-state index is 11.7. The van der Waals surface area contributed by atoms with Crippen LogP contribution in [0.15, 0.2) is 30.3 Å². The molecule has 1 aromatic carbocycles. The van der Waals surface area contributed by atoms with Crippen LogP contribution in [-0.2, 0) is 14.4 Å². The summed E-state index contributed by atoms with van der Waals surface area (Å²) in [6.07, 6.45) is 4.41. The Morgan fingerprint density at radius 3 is 2.05 bits per heavy atom. The Bertz CT molecular complexity index is 468. The number of hydrogen-bond donors (Lipinski definition) is 1. The zero-order valence-electron chi connectivity index (χ0n) is 12.6. The lowest BCUT2D eigenvalue weighted by Gasteiger charge is -2.04. The number of ketones is 2. The van der Waals surface area contributed by atoms with E-state index in [1.807, 2.05) is 30.3 Å². The van der Waals surface area contributed by atoms with Crippen molar-refractivity contribution >= 4 is 23.2 Å². The van der Waals surface area contributed by atoms with Gasteiger partial charge in [-0.05, 0) is 25.0 Å². The van der Waals surface area contributed by atoms with Gasteiger partial charge < -0.3 is 5.32 Å². The molecule has 0 unspecified atom stereocenters. The Hall–Kier alpha value is -1.97. The molecule has 0 aliphatic rings. The van der Waals surface area contributed by atoms with E-state index in [-0.39, 0.29) is 24.9 Å². The Morgan fingerprint density at radius 2 is 1.45 bits per heavy atom. The minimum atomic E-state index is -0.280. The number of rotatable bonds is 10. The molecule has 0 fully saturated rings. The van der Waals surface area contributed by atoms with Crippen molar-refractivity contribution in [2.75, 3.05) is 5.32 Å². The van der Waals surface area contributed by atoms with Crippen molar-refractivity contribution in [1.82, 2.24) is 0 Å². The normalized spacial score (nSPS) is 9.68. The van der Waals surface area contributed by atoms with E-state index < -0.39 is 0 Å². The summed E-state index contributed by atoms with van der Waals surface area (Å²) < 4.78 is 0. The first-order chi connectivity index (χ1) is 10.1. The summed E-state index contributed by atoms with van der Waals surface area (Å²) in [5.41, 5.74) is 0.811. The van der Waals surface area contributed by atoms with E-state index >= 15 is 0 Å². The molecule has 0 heterocycles. The third kappa shape index (κ3) is 8.35. The summed E-state index contributed by atoms with van der Waals surface area (Å²) >= 11 is 0. The van der Waals surface area contributed by atoms with Crippen LogP contribution in [0.1, 0.15) is 59.3 Å². The summed E-state index contributed by atoms with van der Waals surface area (Å²) in [6, 6.07) is 9.37. The topological polar surface area (TPSA) is 63.2 Å². The highest BCUT2D eigenvalue weighted by Crippen LogP contribution is 2.09. The Kier molecular flexibility index (Phi) is 10.6. The first-order valence-electron chi connectivity index (χ1n) is 7.54. The van der Waals surface area contributed by atoms with Crippen LogP contribution in [0.2, 0.25) is 0 Å². The van der Waals surface area contributed by atoms with Gasteiger partial charge in [-0.2, -0.15) is 0 Å². The lowest BCUT2D eigenvalue weighted by molar-refractivity contribution is -0.136. The number of Topliss-reactive ketones (excluding diaryl/α,β-unsaturated/α-hetero) is 2. The zero-order chi connectivity index (χ0) is 15.5. The number of carbonyl (C=O) groups is 3. The predicted molar refractivity (Wildman–Crippen MR) is 89.8 cm³/mol. The molecule has 1 aromatic rings.